The van der Waals surface area contributed by atoms with Crippen molar-refractivity contribution in [1.82, 2.24) is 4.98 Å². The molecular formula is C20H16F2N2O2. The number of rotatable bonds is 6. The maximum atomic E-state index is 12.9. The third kappa shape index (κ3) is 5.11. The Morgan fingerprint density at radius 1 is 0.923 bits per heavy atom. The minimum Gasteiger partial charge on any atom is -0.489 e. The summed E-state index contributed by atoms with van der Waals surface area (Å²) in [6.45, 7) is 0.271. The molecule has 3 rings (SSSR count). The van der Waals surface area contributed by atoms with Crippen LogP contribution in [0.15, 0.2) is 66.9 Å². The quantitative estimate of drug-likeness (QED) is 0.724. The highest BCUT2D eigenvalue weighted by Gasteiger charge is 2.06. The van der Waals surface area contributed by atoms with Crippen LogP contribution >= 0.6 is 0 Å². The molecule has 0 radical (unpaired) electrons. The number of pyridine rings is 1. The van der Waals surface area contributed by atoms with Crippen molar-refractivity contribution in [3.63, 3.8) is 0 Å². The molecular weight excluding hydrogens is 338 g/mol. The minimum absolute atomic E-state index is 0.114. The van der Waals surface area contributed by atoms with E-state index in [1.165, 1.54) is 30.5 Å². The third-order valence-electron chi connectivity index (χ3n) is 3.60. The summed E-state index contributed by atoms with van der Waals surface area (Å²) in [5.41, 5.74) is 1.53. The Balaban J connectivity index is 1.57. The van der Waals surface area contributed by atoms with Gasteiger partial charge < -0.3 is 10.1 Å². The number of benzene rings is 2. The van der Waals surface area contributed by atoms with Gasteiger partial charge in [-0.3, -0.25) is 4.79 Å². The lowest BCUT2D eigenvalue weighted by Gasteiger charge is -2.09. The Labute approximate surface area is 149 Å². The molecule has 0 saturated carbocycles. The van der Waals surface area contributed by atoms with Crippen LogP contribution in [0.5, 0.6) is 5.75 Å². The average molecular weight is 354 g/mol. The molecule has 2 aromatic carbocycles. The molecule has 0 spiro atoms. The summed E-state index contributed by atoms with van der Waals surface area (Å²) in [7, 11) is 0. The van der Waals surface area contributed by atoms with Crippen molar-refractivity contribution in [2.75, 3.05) is 5.32 Å². The summed E-state index contributed by atoms with van der Waals surface area (Å²) in [6, 6.07) is 15.0. The van der Waals surface area contributed by atoms with Gasteiger partial charge >= 0.3 is 0 Å². The largest absolute Gasteiger partial charge is 0.489 e. The lowest BCUT2D eigenvalue weighted by Crippen LogP contribution is -2.15. The molecule has 1 heterocycles. The Morgan fingerprint density at radius 2 is 1.54 bits per heavy atom. The van der Waals surface area contributed by atoms with Crippen LogP contribution in [0.4, 0.5) is 14.6 Å². The van der Waals surface area contributed by atoms with Gasteiger partial charge in [-0.1, -0.05) is 24.3 Å². The normalized spacial score (nSPS) is 10.4. The van der Waals surface area contributed by atoms with Crippen molar-refractivity contribution in [2.45, 2.75) is 13.0 Å². The van der Waals surface area contributed by atoms with Gasteiger partial charge in [-0.25, -0.2) is 13.8 Å². The van der Waals surface area contributed by atoms with Gasteiger partial charge in [0.05, 0.1) is 6.42 Å². The monoisotopic (exact) mass is 354 g/mol. The molecule has 4 nitrogen and oxygen atoms in total. The van der Waals surface area contributed by atoms with Crippen molar-refractivity contribution >= 4 is 11.7 Å². The Bertz CT molecular complexity index is 881. The number of ether oxygens (including phenoxy) is 1. The Hall–Kier alpha value is -3.28. The van der Waals surface area contributed by atoms with Crippen LogP contribution in [0, 0.1) is 11.6 Å². The number of halogens is 2. The molecule has 6 heteroatoms. The van der Waals surface area contributed by atoms with Gasteiger partial charge in [-0.05, 0) is 41.5 Å². The fraction of sp³-hybridized carbons (Fsp3) is 0.100. The van der Waals surface area contributed by atoms with E-state index >= 15 is 0 Å². The minimum atomic E-state index is -0.346. The van der Waals surface area contributed by atoms with E-state index in [-0.39, 0.29) is 30.6 Å². The van der Waals surface area contributed by atoms with Crippen molar-refractivity contribution in [3.8, 4) is 5.75 Å². The zero-order chi connectivity index (χ0) is 18.4. The molecule has 1 aromatic heterocycles. The highest BCUT2D eigenvalue weighted by Crippen LogP contribution is 2.17. The molecule has 0 aliphatic carbocycles. The first-order valence-corrected chi connectivity index (χ1v) is 7.96. The molecule has 1 amide bonds. The highest BCUT2D eigenvalue weighted by atomic mass is 19.1. The van der Waals surface area contributed by atoms with Crippen LogP contribution in [0.2, 0.25) is 0 Å². The summed E-state index contributed by atoms with van der Waals surface area (Å²) in [6.07, 6.45) is 1.64. The van der Waals surface area contributed by atoms with Crippen LogP contribution in [0.1, 0.15) is 11.1 Å². The highest BCUT2D eigenvalue weighted by molar-refractivity contribution is 5.91. The molecule has 26 heavy (non-hydrogen) atoms. The van der Waals surface area contributed by atoms with Gasteiger partial charge in [-0.2, -0.15) is 0 Å². The van der Waals surface area contributed by atoms with E-state index in [2.05, 4.69) is 10.3 Å². The molecule has 0 aliphatic rings. The smallest absolute Gasteiger partial charge is 0.229 e. The Kier molecular flexibility index (Phi) is 5.53. The topological polar surface area (TPSA) is 51.2 Å². The van der Waals surface area contributed by atoms with Crippen LogP contribution in [0.3, 0.4) is 0 Å². The van der Waals surface area contributed by atoms with E-state index in [9.17, 15) is 13.6 Å². The number of carbonyl (C=O) groups is 1. The lowest BCUT2D eigenvalue weighted by molar-refractivity contribution is -0.115. The second kappa shape index (κ2) is 8.20. The maximum Gasteiger partial charge on any atom is 0.229 e. The molecule has 0 unspecified atom stereocenters. The van der Waals surface area contributed by atoms with Gasteiger partial charge in [0.2, 0.25) is 5.91 Å². The molecule has 132 valence electrons. The second-order valence-corrected chi connectivity index (χ2v) is 5.64. The first-order valence-electron chi connectivity index (χ1n) is 7.96. The molecule has 0 bridgehead atoms. The van der Waals surface area contributed by atoms with E-state index in [4.69, 9.17) is 4.74 Å². The van der Waals surface area contributed by atoms with Crippen LogP contribution in [-0.2, 0) is 17.8 Å². The predicted molar refractivity (Wildman–Crippen MR) is 93.7 cm³/mol. The van der Waals surface area contributed by atoms with Gasteiger partial charge in [0.1, 0.15) is 29.8 Å². The molecule has 1 N–H and O–H groups in total. The molecule has 0 saturated heterocycles. The maximum absolute atomic E-state index is 12.9. The Morgan fingerprint density at radius 3 is 2.19 bits per heavy atom. The van der Waals surface area contributed by atoms with E-state index in [0.29, 0.717) is 17.1 Å². The van der Waals surface area contributed by atoms with E-state index in [1.54, 1.807) is 36.4 Å². The lowest BCUT2D eigenvalue weighted by atomic mass is 10.1. The van der Waals surface area contributed by atoms with Crippen LogP contribution in [0.25, 0.3) is 0 Å². The van der Waals surface area contributed by atoms with E-state index in [1.807, 2.05) is 0 Å². The van der Waals surface area contributed by atoms with Crippen molar-refractivity contribution in [2.24, 2.45) is 0 Å². The predicted octanol–water partition coefficient (Wildman–Crippen LogP) is 4.12. The summed E-state index contributed by atoms with van der Waals surface area (Å²) in [4.78, 5) is 16.1. The van der Waals surface area contributed by atoms with Gasteiger partial charge in [0, 0.05) is 12.3 Å². The number of carbonyl (C=O) groups excluding carboxylic acids is 1. The molecule has 0 atom stereocenters. The molecule has 0 fully saturated rings. The summed E-state index contributed by atoms with van der Waals surface area (Å²) >= 11 is 0. The molecule has 3 aromatic rings. The fourth-order valence-electron chi connectivity index (χ4n) is 2.29. The SMILES string of the molecule is O=C(Cc1ccc(F)cc1)Nc1cc(OCc2ccc(F)cc2)ccn1. The first-order chi connectivity index (χ1) is 12.6. The van der Waals surface area contributed by atoms with Crippen LogP contribution in [-0.4, -0.2) is 10.9 Å². The zero-order valence-corrected chi connectivity index (χ0v) is 13.8. The van der Waals surface area contributed by atoms with E-state index < -0.39 is 0 Å². The standard InChI is InChI=1S/C20H16F2N2O2/c21-16-5-1-14(2-6-16)11-20(25)24-19-12-18(9-10-23-19)26-13-15-3-7-17(22)8-4-15/h1-10,12H,11,13H2,(H,23,24,25). The molecule has 0 aliphatic heterocycles. The van der Waals surface area contributed by atoms with Gasteiger partial charge in [-0.15, -0.1) is 0 Å². The summed E-state index contributed by atoms with van der Waals surface area (Å²) in [5, 5.41) is 2.68. The fourth-order valence-corrected chi connectivity index (χ4v) is 2.29. The summed E-state index contributed by atoms with van der Waals surface area (Å²) in [5.74, 6) is -0.0273. The first kappa shape index (κ1) is 17.5. The number of hydrogen-bond donors (Lipinski definition) is 1. The summed E-state index contributed by atoms with van der Waals surface area (Å²) < 4.78 is 31.4. The van der Waals surface area contributed by atoms with E-state index in [0.717, 1.165) is 5.56 Å². The van der Waals surface area contributed by atoms with Crippen molar-refractivity contribution in [3.05, 3.63) is 89.6 Å². The number of amides is 1. The number of nitrogens with zero attached hydrogens (tertiary/aromatic N) is 1. The average Bonchev–Trinajstić information content (AvgIpc) is 2.63. The second-order valence-electron chi connectivity index (χ2n) is 5.64. The third-order valence-corrected chi connectivity index (χ3v) is 3.60. The number of anilines is 1. The zero-order valence-electron chi connectivity index (χ0n) is 13.8. The number of nitrogens with one attached hydrogen (secondary N) is 1. The van der Waals surface area contributed by atoms with Crippen molar-refractivity contribution in [1.29, 1.82) is 0 Å². The number of aromatic nitrogens is 1. The number of hydrogen-bond acceptors (Lipinski definition) is 3. The van der Waals surface area contributed by atoms with Crippen molar-refractivity contribution < 1.29 is 18.3 Å². The van der Waals surface area contributed by atoms with Gasteiger partial charge in [0.15, 0.2) is 0 Å². The van der Waals surface area contributed by atoms with Gasteiger partial charge in [0.25, 0.3) is 0 Å². The van der Waals surface area contributed by atoms with Crippen LogP contribution < -0.4 is 10.1 Å².